The van der Waals surface area contributed by atoms with Gasteiger partial charge in [0.25, 0.3) is 0 Å². The molecule has 28 heavy (non-hydrogen) atoms. The maximum Gasteiger partial charge on any atom is 0.387 e. The number of aryl methyl sites for hydroxylation is 1. The summed E-state index contributed by atoms with van der Waals surface area (Å²) in [6.07, 6.45) is 4.56. The quantitative estimate of drug-likeness (QED) is 0.223. The highest BCUT2D eigenvalue weighted by Gasteiger charge is 2.11. The van der Waals surface area contributed by atoms with Gasteiger partial charge in [0.2, 0.25) is 0 Å². The number of benzene rings is 1. The van der Waals surface area contributed by atoms with Crippen molar-refractivity contribution in [2.45, 2.75) is 33.0 Å². The number of hydrogen-bond donors (Lipinski definition) is 2. The van der Waals surface area contributed by atoms with E-state index in [1.54, 1.807) is 18.3 Å². The van der Waals surface area contributed by atoms with Crippen molar-refractivity contribution in [1.29, 1.82) is 0 Å². The van der Waals surface area contributed by atoms with E-state index >= 15 is 0 Å². The fourth-order valence-corrected chi connectivity index (χ4v) is 2.40. The van der Waals surface area contributed by atoms with Crippen molar-refractivity contribution in [3.05, 3.63) is 42.2 Å². The Morgan fingerprint density at radius 2 is 2.11 bits per heavy atom. The van der Waals surface area contributed by atoms with E-state index in [2.05, 4.69) is 25.5 Å². The van der Waals surface area contributed by atoms with Crippen LogP contribution in [0.5, 0.6) is 11.5 Å². The third-order valence-corrected chi connectivity index (χ3v) is 3.62. The van der Waals surface area contributed by atoms with Gasteiger partial charge >= 0.3 is 6.61 Å². The molecule has 0 radical (unpaired) electrons. The number of rotatable bonds is 10. The Kier molecular flexibility index (Phi) is 11.2. The van der Waals surface area contributed by atoms with Crippen LogP contribution in [0, 0.1) is 0 Å². The lowest BCUT2D eigenvalue weighted by atomic mass is 10.2. The lowest BCUT2D eigenvalue weighted by Gasteiger charge is -2.13. The van der Waals surface area contributed by atoms with Crippen molar-refractivity contribution in [2.24, 2.45) is 4.99 Å². The molecule has 1 aromatic carbocycles. The summed E-state index contributed by atoms with van der Waals surface area (Å²) in [7, 11) is 1.40. The maximum absolute atomic E-state index is 12.5. The minimum absolute atomic E-state index is 0. The van der Waals surface area contributed by atoms with Gasteiger partial charge in [-0.1, -0.05) is 6.07 Å². The summed E-state index contributed by atoms with van der Waals surface area (Å²) in [5, 5.41) is 10.6. The Balaban J connectivity index is 0.00000392. The standard InChI is InChI=1S/C18H25F2N5O2.HI/c1-3-21-18(22-8-4-10-25-11-5-9-24-25)23-13-14-6-7-15(26-2)16(12-14)27-17(19)20;/h5-7,9,11-12,17H,3-4,8,10,13H2,1-2H3,(H2,21,22,23);1H. The molecule has 10 heteroatoms. The van der Waals surface area contributed by atoms with Gasteiger partial charge < -0.3 is 20.1 Å². The first-order valence-electron chi connectivity index (χ1n) is 8.73. The molecule has 7 nitrogen and oxygen atoms in total. The van der Waals surface area contributed by atoms with Gasteiger partial charge in [0.1, 0.15) is 0 Å². The number of halogens is 3. The Labute approximate surface area is 180 Å². The highest BCUT2D eigenvalue weighted by Crippen LogP contribution is 2.29. The Morgan fingerprint density at radius 1 is 1.29 bits per heavy atom. The molecule has 0 unspecified atom stereocenters. The van der Waals surface area contributed by atoms with Gasteiger partial charge in [0, 0.05) is 32.0 Å². The van der Waals surface area contributed by atoms with Crippen LogP contribution >= 0.6 is 24.0 Å². The number of hydrogen-bond acceptors (Lipinski definition) is 4. The first-order chi connectivity index (χ1) is 13.1. The maximum atomic E-state index is 12.5. The number of alkyl halides is 2. The van der Waals surface area contributed by atoms with E-state index < -0.39 is 6.61 Å². The van der Waals surface area contributed by atoms with Crippen molar-refractivity contribution < 1.29 is 18.3 Å². The van der Waals surface area contributed by atoms with Crippen LogP contribution in [0.2, 0.25) is 0 Å². The average molecular weight is 509 g/mol. The van der Waals surface area contributed by atoms with Gasteiger partial charge in [-0.15, -0.1) is 24.0 Å². The Bertz CT molecular complexity index is 714. The van der Waals surface area contributed by atoms with E-state index in [9.17, 15) is 8.78 Å². The van der Waals surface area contributed by atoms with Gasteiger partial charge in [-0.2, -0.15) is 13.9 Å². The van der Waals surface area contributed by atoms with E-state index in [1.807, 2.05) is 23.9 Å². The minimum Gasteiger partial charge on any atom is -0.493 e. The topological polar surface area (TPSA) is 72.7 Å². The number of methoxy groups -OCH3 is 1. The molecule has 1 aromatic heterocycles. The molecule has 156 valence electrons. The zero-order chi connectivity index (χ0) is 19.5. The van der Waals surface area contributed by atoms with Gasteiger partial charge in [-0.25, -0.2) is 4.99 Å². The molecular formula is C18H26F2IN5O2. The van der Waals surface area contributed by atoms with Crippen molar-refractivity contribution in [1.82, 2.24) is 20.4 Å². The smallest absolute Gasteiger partial charge is 0.387 e. The summed E-state index contributed by atoms with van der Waals surface area (Å²) in [4.78, 5) is 4.48. The summed E-state index contributed by atoms with van der Waals surface area (Å²) in [5.41, 5.74) is 0.736. The van der Waals surface area contributed by atoms with Crippen LogP contribution in [-0.4, -0.2) is 42.6 Å². The lowest BCUT2D eigenvalue weighted by Crippen LogP contribution is -2.38. The monoisotopic (exact) mass is 509 g/mol. The molecule has 0 aliphatic heterocycles. The van der Waals surface area contributed by atoms with E-state index in [-0.39, 0.29) is 35.5 Å². The fourth-order valence-electron chi connectivity index (χ4n) is 2.40. The molecule has 0 atom stereocenters. The highest BCUT2D eigenvalue weighted by atomic mass is 127. The molecule has 0 fully saturated rings. The number of aliphatic imine (C=N–C) groups is 1. The second-order valence-corrected chi connectivity index (χ2v) is 5.61. The molecule has 2 aromatic rings. The number of aromatic nitrogens is 2. The summed E-state index contributed by atoms with van der Waals surface area (Å²) < 4.78 is 36.5. The van der Waals surface area contributed by atoms with Crippen LogP contribution in [0.25, 0.3) is 0 Å². The summed E-state index contributed by atoms with van der Waals surface area (Å²) in [6, 6.07) is 6.75. The first-order valence-corrected chi connectivity index (χ1v) is 8.73. The molecule has 2 N–H and O–H groups in total. The summed E-state index contributed by atoms with van der Waals surface area (Å²) >= 11 is 0. The molecule has 0 aliphatic rings. The molecule has 1 heterocycles. The number of ether oxygens (including phenoxy) is 2. The third-order valence-electron chi connectivity index (χ3n) is 3.62. The molecule has 0 bridgehead atoms. The second-order valence-electron chi connectivity index (χ2n) is 5.61. The van der Waals surface area contributed by atoms with Crippen LogP contribution in [0.4, 0.5) is 8.78 Å². The van der Waals surface area contributed by atoms with Crippen molar-refractivity contribution in [3.63, 3.8) is 0 Å². The number of nitrogens with zero attached hydrogens (tertiary/aromatic N) is 3. The third kappa shape index (κ3) is 8.28. The summed E-state index contributed by atoms with van der Waals surface area (Å²) in [5.74, 6) is 0.911. The molecule has 0 aliphatic carbocycles. The Hall–Kier alpha value is -2.11. The molecule has 0 amide bonds. The molecule has 0 saturated carbocycles. The van der Waals surface area contributed by atoms with Crippen LogP contribution in [0.1, 0.15) is 18.9 Å². The fraction of sp³-hybridized carbons (Fsp3) is 0.444. The van der Waals surface area contributed by atoms with Crippen molar-refractivity contribution in [3.8, 4) is 11.5 Å². The van der Waals surface area contributed by atoms with Gasteiger partial charge in [-0.05, 0) is 37.1 Å². The van der Waals surface area contributed by atoms with E-state index in [1.165, 1.54) is 13.2 Å². The van der Waals surface area contributed by atoms with Crippen molar-refractivity contribution in [2.75, 3.05) is 20.2 Å². The highest BCUT2D eigenvalue weighted by molar-refractivity contribution is 14.0. The Morgan fingerprint density at radius 3 is 2.75 bits per heavy atom. The average Bonchev–Trinajstić information content (AvgIpc) is 3.16. The van der Waals surface area contributed by atoms with E-state index in [0.717, 1.165) is 25.1 Å². The van der Waals surface area contributed by atoms with Gasteiger partial charge in [0.15, 0.2) is 17.5 Å². The molecular weight excluding hydrogens is 483 g/mol. The van der Waals surface area contributed by atoms with Crippen molar-refractivity contribution >= 4 is 29.9 Å². The van der Waals surface area contributed by atoms with Gasteiger partial charge in [0.05, 0.1) is 13.7 Å². The van der Waals surface area contributed by atoms with Crippen LogP contribution in [-0.2, 0) is 13.1 Å². The molecule has 0 spiro atoms. The van der Waals surface area contributed by atoms with Gasteiger partial charge in [-0.3, -0.25) is 4.68 Å². The summed E-state index contributed by atoms with van der Waals surface area (Å²) in [6.45, 7) is 1.64. The SMILES string of the molecule is CCNC(=NCc1ccc(OC)c(OC(F)F)c1)NCCCn1cccn1.I. The normalized spacial score (nSPS) is 11.1. The van der Waals surface area contributed by atoms with E-state index in [4.69, 9.17) is 4.74 Å². The molecule has 2 rings (SSSR count). The lowest BCUT2D eigenvalue weighted by molar-refractivity contribution is -0.0512. The van der Waals surface area contributed by atoms with Crippen LogP contribution in [0.3, 0.4) is 0 Å². The zero-order valence-electron chi connectivity index (χ0n) is 15.9. The second kappa shape index (κ2) is 13.1. The van der Waals surface area contributed by atoms with E-state index in [0.29, 0.717) is 19.0 Å². The minimum atomic E-state index is -2.91. The number of guanidine groups is 1. The molecule has 0 saturated heterocycles. The largest absolute Gasteiger partial charge is 0.493 e. The zero-order valence-corrected chi connectivity index (χ0v) is 18.2. The first kappa shape index (κ1) is 23.9. The number of nitrogens with one attached hydrogen (secondary N) is 2. The predicted octanol–water partition coefficient (Wildman–Crippen LogP) is 3.26. The van der Waals surface area contributed by atoms with Crippen LogP contribution < -0.4 is 20.1 Å². The predicted molar refractivity (Wildman–Crippen MR) is 115 cm³/mol. The van der Waals surface area contributed by atoms with Crippen LogP contribution in [0.15, 0.2) is 41.7 Å².